The maximum atomic E-state index is 4.71. The summed E-state index contributed by atoms with van der Waals surface area (Å²) in [6, 6.07) is 10.1. The Morgan fingerprint density at radius 1 is 1.08 bits per heavy atom. The molecule has 1 aliphatic heterocycles. The fourth-order valence-corrected chi connectivity index (χ4v) is 3.52. The van der Waals surface area contributed by atoms with Gasteiger partial charge in [-0.15, -0.1) is 0 Å². The Morgan fingerprint density at radius 2 is 1.92 bits per heavy atom. The fraction of sp³-hybridized carbons (Fsp3) is 0.353. The number of fused-ring (bicyclic) bond motifs is 1. The molecular formula is C17H20N6S. The van der Waals surface area contributed by atoms with Crippen LogP contribution in [0, 0.1) is 0 Å². The number of anilines is 1. The molecule has 1 saturated heterocycles. The second-order valence-corrected chi connectivity index (χ2v) is 6.92. The number of aromatic amines is 1. The molecule has 0 radical (unpaired) electrons. The average Bonchev–Trinajstić information content (AvgIpc) is 3.04. The normalized spacial score (nSPS) is 16.0. The Labute approximate surface area is 145 Å². The first kappa shape index (κ1) is 15.4. The van der Waals surface area contributed by atoms with Crippen molar-refractivity contribution in [1.82, 2.24) is 24.8 Å². The Balaban J connectivity index is 1.44. The molecule has 3 heterocycles. The summed E-state index contributed by atoms with van der Waals surface area (Å²) in [4.78, 5) is 21.7. The topological polar surface area (TPSA) is 60.9 Å². The van der Waals surface area contributed by atoms with E-state index in [9.17, 15) is 0 Å². The Hall–Kier alpha value is -2.12. The molecule has 1 N–H and O–H groups in total. The summed E-state index contributed by atoms with van der Waals surface area (Å²) < 4.78 is 0. The van der Waals surface area contributed by atoms with Gasteiger partial charge in [-0.2, -0.15) is 0 Å². The van der Waals surface area contributed by atoms with E-state index in [0.717, 1.165) is 59.8 Å². The number of rotatable bonds is 4. The van der Waals surface area contributed by atoms with Crippen molar-refractivity contribution in [1.29, 1.82) is 0 Å². The van der Waals surface area contributed by atoms with Gasteiger partial charge in [-0.1, -0.05) is 23.9 Å². The lowest BCUT2D eigenvalue weighted by atomic mass is 10.3. The van der Waals surface area contributed by atoms with Crippen LogP contribution in [0.1, 0.15) is 5.82 Å². The number of thioether (sulfide) groups is 1. The molecule has 1 aromatic carbocycles. The van der Waals surface area contributed by atoms with Crippen molar-refractivity contribution in [3.05, 3.63) is 42.4 Å². The van der Waals surface area contributed by atoms with Gasteiger partial charge < -0.3 is 14.8 Å². The molecule has 7 heteroatoms. The highest BCUT2D eigenvalue weighted by atomic mass is 32.2. The van der Waals surface area contributed by atoms with E-state index >= 15 is 0 Å². The maximum absolute atomic E-state index is 4.71. The molecule has 1 fully saturated rings. The minimum atomic E-state index is 0.737. The number of H-pyrrole nitrogens is 1. The van der Waals surface area contributed by atoms with Gasteiger partial charge >= 0.3 is 0 Å². The van der Waals surface area contributed by atoms with Gasteiger partial charge in [-0.05, 0) is 25.2 Å². The minimum absolute atomic E-state index is 0.737. The number of nitrogens with zero attached hydrogens (tertiary/aromatic N) is 5. The summed E-state index contributed by atoms with van der Waals surface area (Å²) >= 11 is 1.61. The third-order valence-corrected chi connectivity index (χ3v) is 5.10. The van der Waals surface area contributed by atoms with Crippen molar-refractivity contribution in [3.63, 3.8) is 0 Å². The van der Waals surface area contributed by atoms with Crippen LogP contribution in [0.2, 0.25) is 0 Å². The number of piperazine rings is 1. The molecule has 1 aliphatic rings. The zero-order chi connectivity index (χ0) is 16.4. The molecule has 0 saturated carbocycles. The first-order chi connectivity index (χ1) is 11.8. The number of hydrogen-bond acceptors (Lipinski definition) is 6. The van der Waals surface area contributed by atoms with Gasteiger partial charge in [0.1, 0.15) is 11.6 Å². The SMILES string of the molecule is CN1CCN(c2ccnc(SCc3nc4ccccc4[nH]3)n2)CC1. The van der Waals surface area contributed by atoms with E-state index in [1.165, 1.54) is 0 Å². The van der Waals surface area contributed by atoms with E-state index in [1.54, 1.807) is 11.8 Å². The molecule has 0 unspecified atom stereocenters. The molecule has 0 atom stereocenters. The van der Waals surface area contributed by atoms with E-state index in [2.05, 4.69) is 31.8 Å². The zero-order valence-corrected chi connectivity index (χ0v) is 14.5. The lowest BCUT2D eigenvalue weighted by molar-refractivity contribution is 0.312. The number of likely N-dealkylation sites (N-methyl/N-ethyl adjacent to an activating group) is 1. The summed E-state index contributed by atoms with van der Waals surface area (Å²) in [6.45, 7) is 4.18. The van der Waals surface area contributed by atoms with Crippen molar-refractivity contribution in [3.8, 4) is 0 Å². The van der Waals surface area contributed by atoms with Gasteiger partial charge in [0.15, 0.2) is 5.16 Å². The summed E-state index contributed by atoms with van der Waals surface area (Å²) in [7, 11) is 2.16. The Morgan fingerprint density at radius 3 is 2.75 bits per heavy atom. The number of nitrogens with one attached hydrogen (secondary N) is 1. The van der Waals surface area contributed by atoms with E-state index in [4.69, 9.17) is 4.98 Å². The fourth-order valence-electron chi connectivity index (χ4n) is 2.82. The smallest absolute Gasteiger partial charge is 0.189 e. The van der Waals surface area contributed by atoms with Crippen molar-refractivity contribution >= 4 is 28.6 Å². The van der Waals surface area contributed by atoms with Crippen LogP contribution in [0.4, 0.5) is 5.82 Å². The highest BCUT2D eigenvalue weighted by Crippen LogP contribution is 2.22. The van der Waals surface area contributed by atoms with Crippen LogP contribution in [0.3, 0.4) is 0 Å². The van der Waals surface area contributed by atoms with Crippen LogP contribution >= 0.6 is 11.8 Å². The van der Waals surface area contributed by atoms with Crippen molar-refractivity contribution in [2.24, 2.45) is 0 Å². The molecule has 0 bridgehead atoms. The summed E-state index contributed by atoms with van der Waals surface area (Å²) in [5.41, 5.74) is 2.07. The molecule has 6 nitrogen and oxygen atoms in total. The second-order valence-electron chi connectivity index (χ2n) is 5.98. The van der Waals surface area contributed by atoms with E-state index in [1.807, 2.05) is 36.5 Å². The standard InChI is InChI=1S/C17H20N6S/c1-22-8-10-23(11-9-22)16-6-7-18-17(21-16)24-12-15-19-13-4-2-3-5-14(13)20-15/h2-7H,8-12H2,1H3,(H,19,20). The van der Waals surface area contributed by atoms with E-state index < -0.39 is 0 Å². The van der Waals surface area contributed by atoms with Crippen LogP contribution in [0.5, 0.6) is 0 Å². The zero-order valence-electron chi connectivity index (χ0n) is 13.6. The van der Waals surface area contributed by atoms with Gasteiger partial charge in [-0.25, -0.2) is 15.0 Å². The van der Waals surface area contributed by atoms with E-state index in [0.29, 0.717) is 0 Å². The van der Waals surface area contributed by atoms with Gasteiger partial charge in [0, 0.05) is 32.4 Å². The molecule has 0 spiro atoms. The van der Waals surface area contributed by atoms with Crippen molar-refractivity contribution in [2.45, 2.75) is 10.9 Å². The first-order valence-corrected chi connectivity index (χ1v) is 9.09. The van der Waals surface area contributed by atoms with Crippen LogP contribution in [-0.2, 0) is 5.75 Å². The summed E-state index contributed by atoms with van der Waals surface area (Å²) in [6.07, 6.45) is 1.85. The number of para-hydroxylation sites is 2. The van der Waals surface area contributed by atoms with Gasteiger partial charge in [0.2, 0.25) is 0 Å². The van der Waals surface area contributed by atoms with Crippen LogP contribution in [0.15, 0.2) is 41.7 Å². The molecule has 0 aliphatic carbocycles. The summed E-state index contributed by atoms with van der Waals surface area (Å²) in [5.74, 6) is 2.71. The Kier molecular flexibility index (Phi) is 4.36. The lowest BCUT2D eigenvalue weighted by Gasteiger charge is -2.33. The minimum Gasteiger partial charge on any atom is -0.354 e. The molecule has 24 heavy (non-hydrogen) atoms. The van der Waals surface area contributed by atoms with Crippen LogP contribution in [0.25, 0.3) is 11.0 Å². The molecular weight excluding hydrogens is 320 g/mol. The number of benzene rings is 1. The highest BCUT2D eigenvalue weighted by molar-refractivity contribution is 7.98. The highest BCUT2D eigenvalue weighted by Gasteiger charge is 2.16. The monoisotopic (exact) mass is 340 g/mol. The first-order valence-electron chi connectivity index (χ1n) is 8.11. The average molecular weight is 340 g/mol. The predicted octanol–water partition coefficient (Wildman–Crippen LogP) is 2.40. The number of imidazole rings is 1. The van der Waals surface area contributed by atoms with Crippen LogP contribution < -0.4 is 4.90 Å². The quantitative estimate of drug-likeness (QED) is 0.581. The molecule has 3 aromatic rings. The summed E-state index contributed by atoms with van der Waals surface area (Å²) in [5, 5.41) is 0.798. The molecule has 2 aromatic heterocycles. The van der Waals surface area contributed by atoms with Gasteiger partial charge in [0.05, 0.1) is 16.8 Å². The largest absolute Gasteiger partial charge is 0.354 e. The Bertz CT molecular complexity index is 792. The third kappa shape index (κ3) is 3.37. The number of aromatic nitrogens is 4. The van der Waals surface area contributed by atoms with Crippen LogP contribution in [-0.4, -0.2) is 58.1 Å². The predicted molar refractivity (Wildman–Crippen MR) is 97.4 cm³/mol. The van der Waals surface area contributed by atoms with Crippen molar-refractivity contribution in [2.75, 3.05) is 38.1 Å². The third-order valence-electron chi connectivity index (χ3n) is 4.22. The van der Waals surface area contributed by atoms with E-state index in [-0.39, 0.29) is 0 Å². The maximum Gasteiger partial charge on any atom is 0.189 e. The second kappa shape index (κ2) is 6.78. The van der Waals surface area contributed by atoms with Gasteiger partial charge in [0.25, 0.3) is 0 Å². The molecule has 0 amide bonds. The molecule has 4 rings (SSSR count). The molecule has 124 valence electrons. The van der Waals surface area contributed by atoms with Gasteiger partial charge in [-0.3, -0.25) is 0 Å². The number of hydrogen-bond donors (Lipinski definition) is 1. The lowest BCUT2D eigenvalue weighted by Crippen LogP contribution is -2.44. The van der Waals surface area contributed by atoms with Crippen molar-refractivity contribution < 1.29 is 0 Å².